The molecule has 1 saturated carbocycles. The quantitative estimate of drug-likeness (QED) is 0.862. The van der Waals surface area contributed by atoms with Gasteiger partial charge in [0.25, 0.3) is 0 Å². The summed E-state index contributed by atoms with van der Waals surface area (Å²) in [6, 6.07) is 5.24. The van der Waals surface area contributed by atoms with Crippen LogP contribution in [0.1, 0.15) is 37.3 Å². The van der Waals surface area contributed by atoms with E-state index in [1.165, 1.54) is 12.1 Å². The summed E-state index contributed by atoms with van der Waals surface area (Å²) in [4.78, 5) is 26.1. The first kappa shape index (κ1) is 16.4. The number of primary amides is 1. The predicted octanol–water partition coefficient (Wildman–Crippen LogP) is 1.34. The van der Waals surface area contributed by atoms with E-state index in [9.17, 15) is 14.0 Å². The van der Waals surface area contributed by atoms with Gasteiger partial charge in [0.15, 0.2) is 0 Å². The number of amides is 2. The van der Waals surface area contributed by atoms with Crippen LogP contribution in [0.3, 0.4) is 0 Å². The lowest BCUT2D eigenvalue weighted by atomic mass is 9.95. The number of halogens is 1. The van der Waals surface area contributed by atoms with Crippen LogP contribution in [0.4, 0.5) is 4.39 Å². The van der Waals surface area contributed by atoms with Gasteiger partial charge in [-0.2, -0.15) is 0 Å². The average Bonchev–Trinajstić information content (AvgIpc) is 2.88. The third-order valence-electron chi connectivity index (χ3n) is 4.22. The number of carbonyl (C=O) groups is 2. The number of nitrogens with one attached hydrogen (secondary N) is 1. The zero-order valence-electron chi connectivity index (χ0n) is 12.9. The molecule has 0 aliphatic heterocycles. The molecule has 1 aromatic rings. The first-order chi connectivity index (χ1) is 10.4. The van der Waals surface area contributed by atoms with E-state index < -0.39 is 23.3 Å². The molecule has 1 aromatic carbocycles. The lowest BCUT2D eigenvalue weighted by molar-refractivity contribution is -0.134. The van der Waals surface area contributed by atoms with Gasteiger partial charge in [-0.05, 0) is 44.6 Å². The molecule has 2 amide bonds. The van der Waals surface area contributed by atoms with Crippen molar-refractivity contribution >= 4 is 11.8 Å². The average molecular weight is 307 g/mol. The minimum absolute atomic E-state index is 0.337. The molecular formula is C16H22FN3O2. The second kappa shape index (κ2) is 6.44. The van der Waals surface area contributed by atoms with Gasteiger partial charge in [-0.1, -0.05) is 25.0 Å². The van der Waals surface area contributed by atoms with Gasteiger partial charge in [0.1, 0.15) is 17.4 Å². The number of nitrogens with zero attached hydrogens (tertiary/aromatic N) is 1. The molecule has 3 N–H and O–H groups in total. The number of benzene rings is 1. The van der Waals surface area contributed by atoms with Crippen molar-refractivity contribution in [1.29, 1.82) is 0 Å². The molecule has 0 heterocycles. The molecule has 1 aliphatic rings. The van der Waals surface area contributed by atoms with E-state index in [2.05, 4.69) is 5.32 Å². The van der Waals surface area contributed by atoms with Gasteiger partial charge in [-0.15, -0.1) is 0 Å². The fourth-order valence-electron chi connectivity index (χ4n) is 3.08. The minimum atomic E-state index is -0.974. The van der Waals surface area contributed by atoms with Gasteiger partial charge in [0.2, 0.25) is 11.8 Å². The van der Waals surface area contributed by atoms with E-state index in [-0.39, 0.29) is 5.91 Å². The summed E-state index contributed by atoms with van der Waals surface area (Å²) < 4.78 is 13.4. The second-order valence-electron chi connectivity index (χ2n) is 6.06. The zero-order chi connectivity index (χ0) is 16.3. The summed E-state index contributed by atoms with van der Waals surface area (Å²) in [7, 11) is 3.47. The Morgan fingerprint density at radius 1 is 1.32 bits per heavy atom. The SMILES string of the molecule is CN(C)[C@H](C(=O)NC1(C(N)=O)CCCC1)c1cccc(F)c1. The Hall–Kier alpha value is -1.95. The Morgan fingerprint density at radius 2 is 1.95 bits per heavy atom. The molecule has 120 valence electrons. The third-order valence-corrected chi connectivity index (χ3v) is 4.22. The topological polar surface area (TPSA) is 75.4 Å². The van der Waals surface area contributed by atoms with Crippen molar-refractivity contribution in [3.63, 3.8) is 0 Å². The van der Waals surface area contributed by atoms with Gasteiger partial charge in [-0.3, -0.25) is 14.5 Å². The molecule has 0 radical (unpaired) electrons. The van der Waals surface area contributed by atoms with Crippen LogP contribution in [0.15, 0.2) is 24.3 Å². The molecule has 2 rings (SSSR count). The molecule has 0 unspecified atom stereocenters. The normalized spacial score (nSPS) is 18.2. The maximum Gasteiger partial charge on any atom is 0.243 e. The van der Waals surface area contributed by atoms with E-state index in [0.717, 1.165) is 12.8 Å². The van der Waals surface area contributed by atoms with Crippen LogP contribution in [0, 0.1) is 5.82 Å². The van der Waals surface area contributed by atoms with E-state index in [4.69, 9.17) is 5.73 Å². The van der Waals surface area contributed by atoms with Gasteiger partial charge in [-0.25, -0.2) is 4.39 Å². The van der Waals surface area contributed by atoms with E-state index in [0.29, 0.717) is 18.4 Å². The molecule has 1 aliphatic carbocycles. The van der Waals surface area contributed by atoms with Crippen LogP contribution >= 0.6 is 0 Å². The zero-order valence-corrected chi connectivity index (χ0v) is 12.9. The van der Waals surface area contributed by atoms with Crippen LogP contribution in [0.25, 0.3) is 0 Å². The van der Waals surface area contributed by atoms with Gasteiger partial charge in [0.05, 0.1) is 0 Å². The number of hydrogen-bond acceptors (Lipinski definition) is 3. The van der Waals surface area contributed by atoms with Gasteiger partial charge in [0, 0.05) is 0 Å². The Bertz CT molecular complexity index is 568. The number of nitrogens with two attached hydrogens (primary N) is 1. The highest BCUT2D eigenvalue weighted by molar-refractivity contribution is 5.92. The lowest BCUT2D eigenvalue weighted by Gasteiger charge is -2.31. The van der Waals surface area contributed by atoms with Crippen molar-refractivity contribution < 1.29 is 14.0 Å². The Morgan fingerprint density at radius 3 is 2.45 bits per heavy atom. The molecule has 0 bridgehead atoms. The number of likely N-dealkylation sites (N-methyl/N-ethyl adjacent to an activating group) is 1. The van der Waals surface area contributed by atoms with Crippen molar-refractivity contribution in [2.45, 2.75) is 37.3 Å². The van der Waals surface area contributed by atoms with Crippen molar-refractivity contribution in [1.82, 2.24) is 10.2 Å². The van der Waals surface area contributed by atoms with E-state index >= 15 is 0 Å². The molecule has 1 fully saturated rings. The highest BCUT2D eigenvalue weighted by atomic mass is 19.1. The maximum atomic E-state index is 13.4. The first-order valence-corrected chi connectivity index (χ1v) is 7.39. The van der Waals surface area contributed by atoms with E-state index in [1.807, 2.05) is 0 Å². The number of rotatable bonds is 5. The van der Waals surface area contributed by atoms with Crippen molar-refractivity contribution in [3.8, 4) is 0 Å². The number of carbonyl (C=O) groups excluding carboxylic acids is 2. The lowest BCUT2D eigenvalue weighted by Crippen LogP contribution is -2.57. The summed E-state index contributed by atoms with van der Waals surface area (Å²) in [6.07, 6.45) is 2.82. The molecule has 6 heteroatoms. The fourth-order valence-corrected chi connectivity index (χ4v) is 3.08. The minimum Gasteiger partial charge on any atom is -0.368 e. The molecule has 0 aromatic heterocycles. The highest BCUT2D eigenvalue weighted by Gasteiger charge is 2.42. The summed E-state index contributed by atoms with van der Waals surface area (Å²) in [5.74, 6) is -1.24. The predicted molar refractivity (Wildman–Crippen MR) is 81.4 cm³/mol. The second-order valence-corrected chi connectivity index (χ2v) is 6.06. The smallest absolute Gasteiger partial charge is 0.243 e. The summed E-state index contributed by atoms with van der Waals surface area (Å²) in [6.45, 7) is 0. The van der Waals surface area contributed by atoms with Crippen molar-refractivity contribution in [3.05, 3.63) is 35.6 Å². The molecule has 1 atom stereocenters. The van der Waals surface area contributed by atoms with Crippen LogP contribution < -0.4 is 11.1 Å². The van der Waals surface area contributed by atoms with Crippen molar-refractivity contribution in [2.24, 2.45) is 5.73 Å². The van der Waals surface area contributed by atoms with Crippen molar-refractivity contribution in [2.75, 3.05) is 14.1 Å². The van der Waals surface area contributed by atoms with Crippen LogP contribution in [-0.4, -0.2) is 36.3 Å². The van der Waals surface area contributed by atoms with Crippen LogP contribution in [0.2, 0.25) is 0 Å². The Kier molecular flexibility index (Phi) is 4.81. The Balaban J connectivity index is 2.25. The monoisotopic (exact) mass is 307 g/mol. The molecular weight excluding hydrogens is 285 g/mol. The molecule has 0 spiro atoms. The number of hydrogen-bond donors (Lipinski definition) is 2. The van der Waals surface area contributed by atoms with Gasteiger partial charge < -0.3 is 11.1 Å². The molecule has 22 heavy (non-hydrogen) atoms. The van der Waals surface area contributed by atoms with E-state index in [1.54, 1.807) is 31.1 Å². The summed E-state index contributed by atoms with van der Waals surface area (Å²) in [5, 5.41) is 2.81. The fraction of sp³-hybridized carbons (Fsp3) is 0.500. The Labute approximate surface area is 129 Å². The maximum absolute atomic E-state index is 13.4. The first-order valence-electron chi connectivity index (χ1n) is 7.39. The van der Waals surface area contributed by atoms with Gasteiger partial charge >= 0.3 is 0 Å². The summed E-state index contributed by atoms with van der Waals surface area (Å²) >= 11 is 0. The summed E-state index contributed by atoms with van der Waals surface area (Å²) in [5.41, 5.74) is 5.06. The standard InChI is InChI=1S/C16H22FN3O2/c1-20(2)13(11-6-5-7-12(17)10-11)14(21)19-16(15(18)22)8-3-4-9-16/h5-7,10,13H,3-4,8-9H2,1-2H3,(H2,18,22)(H,19,21)/t13-/m0/s1. The molecule has 5 nitrogen and oxygen atoms in total. The van der Waals surface area contributed by atoms with Crippen LogP contribution in [0.5, 0.6) is 0 Å². The largest absolute Gasteiger partial charge is 0.368 e. The molecule has 0 saturated heterocycles. The highest BCUT2D eigenvalue weighted by Crippen LogP contribution is 2.31. The van der Waals surface area contributed by atoms with Crippen LogP contribution in [-0.2, 0) is 9.59 Å². The third kappa shape index (κ3) is 3.27.